The van der Waals surface area contributed by atoms with Gasteiger partial charge in [0, 0.05) is 36.8 Å². The first-order chi connectivity index (χ1) is 13.6. The maximum Gasteiger partial charge on any atom is 0.266 e. The number of nitrogens with zero attached hydrogens (tertiary/aromatic N) is 2. The average Bonchev–Trinajstić information content (AvgIpc) is 3.20. The predicted octanol–water partition coefficient (Wildman–Crippen LogP) is 3.73. The van der Waals surface area contributed by atoms with Crippen LogP contribution in [0, 0.1) is 12.7 Å². The van der Waals surface area contributed by atoms with Crippen LogP contribution < -0.4 is 5.32 Å². The SMILES string of the molecule is Cc1ccccc1NC1CCN(C(=O)C2CC(c3cccc(F)c3)=NO2)CC1. The summed E-state index contributed by atoms with van der Waals surface area (Å²) in [6, 6.07) is 14.8. The number of carbonyl (C=O) groups is 1. The molecule has 1 N–H and O–H groups in total. The molecule has 0 radical (unpaired) electrons. The normalized spacial score (nSPS) is 19.9. The van der Waals surface area contributed by atoms with Crippen molar-refractivity contribution in [3.05, 3.63) is 65.5 Å². The fourth-order valence-corrected chi connectivity index (χ4v) is 3.75. The van der Waals surface area contributed by atoms with Crippen LogP contribution in [-0.4, -0.2) is 41.8 Å². The Hall–Kier alpha value is -2.89. The van der Waals surface area contributed by atoms with Gasteiger partial charge in [0.25, 0.3) is 5.91 Å². The van der Waals surface area contributed by atoms with E-state index in [0.29, 0.717) is 36.8 Å². The molecule has 2 aliphatic rings. The summed E-state index contributed by atoms with van der Waals surface area (Å²) in [5.41, 5.74) is 3.66. The average molecular weight is 381 g/mol. The molecule has 1 atom stereocenters. The number of para-hydroxylation sites is 1. The summed E-state index contributed by atoms with van der Waals surface area (Å²) in [4.78, 5) is 20.0. The lowest BCUT2D eigenvalue weighted by Crippen LogP contribution is -2.46. The van der Waals surface area contributed by atoms with E-state index in [1.54, 1.807) is 12.1 Å². The van der Waals surface area contributed by atoms with Crippen LogP contribution in [0.4, 0.5) is 10.1 Å². The van der Waals surface area contributed by atoms with Crippen molar-refractivity contribution in [2.75, 3.05) is 18.4 Å². The molecular formula is C22H24FN3O2. The number of piperidine rings is 1. The van der Waals surface area contributed by atoms with Crippen LogP contribution in [0.25, 0.3) is 0 Å². The molecule has 146 valence electrons. The van der Waals surface area contributed by atoms with Gasteiger partial charge in [0.2, 0.25) is 6.10 Å². The van der Waals surface area contributed by atoms with Gasteiger partial charge in [-0.05, 0) is 43.5 Å². The summed E-state index contributed by atoms with van der Waals surface area (Å²) in [6.45, 7) is 3.48. The van der Waals surface area contributed by atoms with Crippen molar-refractivity contribution in [2.45, 2.75) is 38.3 Å². The van der Waals surface area contributed by atoms with Gasteiger partial charge in [0.1, 0.15) is 5.82 Å². The fraction of sp³-hybridized carbons (Fsp3) is 0.364. The number of rotatable bonds is 4. The number of nitrogens with one attached hydrogen (secondary N) is 1. The smallest absolute Gasteiger partial charge is 0.266 e. The van der Waals surface area contributed by atoms with E-state index in [9.17, 15) is 9.18 Å². The molecule has 1 fully saturated rings. The Balaban J connectivity index is 1.30. The monoisotopic (exact) mass is 381 g/mol. The molecule has 1 amide bonds. The van der Waals surface area contributed by atoms with Gasteiger partial charge in [-0.15, -0.1) is 0 Å². The highest BCUT2D eigenvalue weighted by atomic mass is 19.1. The van der Waals surface area contributed by atoms with Crippen molar-refractivity contribution in [2.24, 2.45) is 5.16 Å². The first-order valence-corrected chi connectivity index (χ1v) is 9.70. The highest BCUT2D eigenvalue weighted by molar-refractivity contribution is 6.04. The summed E-state index contributed by atoms with van der Waals surface area (Å²) >= 11 is 0. The van der Waals surface area contributed by atoms with Crippen LogP contribution >= 0.6 is 0 Å². The standard InChI is InChI=1S/C22H24FN3O2/c1-15-5-2-3-8-19(15)24-18-9-11-26(12-10-18)22(27)21-14-20(25-28-21)16-6-4-7-17(23)13-16/h2-8,13,18,21,24H,9-12,14H2,1H3. The van der Waals surface area contributed by atoms with E-state index in [-0.39, 0.29) is 11.7 Å². The molecule has 28 heavy (non-hydrogen) atoms. The number of anilines is 1. The van der Waals surface area contributed by atoms with Crippen molar-refractivity contribution in [1.82, 2.24) is 4.90 Å². The molecule has 1 unspecified atom stereocenters. The van der Waals surface area contributed by atoms with E-state index < -0.39 is 6.10 Å². The zero-order valence-electron chi connectivity index (χ0n) is 15.9. The summed E-state index contributed by atoms with van der Waals surface area (Å²) in [7, 11) is 0. The Labute approximate surface area is 164 Å². The lowest BCUT2D eigenvalue weighted by Gasteiger charge is -2.34. The van der Waals surface area contributed by atoms with Crippen molar-refractivity contribution < 1.29 is 14.0 Å². The van der Waals surface area contributed by atoms with E-state index >= 15 is 0 Å². The van der Waals surface area contributed by atoms with E-state index in [4.69, 9.17) is 4.84 Å². The molecule has 0 aromatic heterocycles. The van der Waals surface area contributed by atoms with Gasteiger partial charge >= 0.3 is 0 Å². The molecular weight excluding hydrogens is 357 g/mol. The third-order valence-electron chi connectivity index (χ3n) is 5.41. The molecule has 4 rings (SSSR count). The van der Waals surface area contributed by atoms with E-state index in [0.717, 1.165) is 18.5 Å². The molecule has 1 saturated heterocycles. The van der Waals surface area contributed by atoms with Crippen molar-refractivity contribution in [1.29, 1.82) is 0 Å². The quantitative estimate of drug-likeness (QED) is 0.878. The zero-order chi connectivity index (χ0) is 19.5. The Morgan fingerprint density at radius 1 is 1.18 bits per heavy atom. The maximum absolute atomic E-state index is 13.4. The largest absolute Gasteiger partial charge is 0.382 e. The van der Waals surface area contributed by atoms with Crippen LogP contribution in [0.2, 0.25) is 0 Å². The third kappa shape index (κ3) is 4.01. The first-order valence-electron chi connectivity index (χ1n) is 9.70. The topological polar surface area (TPSA) is 53.9 Å². The second-order valence-corrected chi connectivity index (χ2v) is 7.41. The maximum atomic E-state index is 13.4. The van der Waals surface area contributed by atoms with E-state index in [1.165, 1.54) is 17.7 Å². The highest BCUT2D eigenvalue weighted by Gasteiger charge is 2.34. The van der Waals surface area contributed by atoms with Gasteiger partial charge in [-0.2, -0.15) is 0 Å². The minimum absolute atomic E-state index is 0.0375. The van der Waals surface area contributed by atoms with Gasteiger partial charge < -0.3 is 15.1 Å². The van der Waals surface area contributed by atoms with Gasteiger partial charge in [-0.3, -0.25) is 4.79 Å². The number of carbonyl (C=O) groups excluding carboxylic acids is 1. The lowest BCUT2D eigenvalue weighted by atomic mass is 10.0. The van der Waals surface area contributed by atoms with Gasteiger partial charge in [0.15, 0.2) is 0 Å². The Morgan fingerprint density at radius 3 is 2.71 bits per heavy atom. The minimum atomic E-state index is -0.612. The first kappa shape index (κ1) is 18.5. The Bertz CT molecular complexity index is 891. The van der Waals surface area contributed by atoms with Crippen molar-refractivity contribution in [3.63, 3.8) is 0 Å². The number of hydrogen-bond donors (Lipinski definition) is 1. The summed E-state index contributed by atoms with van der Waals surface area (Å²) in [5.74, 6) is -0.359. The molecule has 0 saturated carbocycles. The van der Waals surface area contributed by atoms with Crippen LogP contribution in [0.5, 0.6) is 0 Å². The van der Waals surface area contributed by atoms with Gasteiger partial charge in [-0.1, -0.05) is 35.5 Å². The van der Waals surface area contributed by atoms with Crippen LogP contribution in [0.3, 0.4) is 0 Å². The van der Waals surface area contributed by atoms with Gasteiger partial charge in [0.05, 0.1) is 5.71 Å². The molecule has 2 aliphatic heterocycles. The third-order valence-corrected chi connectivity index (χ3v) is 5.41. The van der Waals surface area contributed by atoms with Crippen molar-refractivity contribution in [3.8, 4) is 0 Å². The van der Waals surface area contributed by atoms with E-state index in [1.807, 2.05) is 17.0 Å². The second kappa shape index (κ2) is 8.00. The van der Waals surface area contributed by atoms with Gasteiger partial charge in [-0.25, -0.2) is 4.39 Å². The fourth-order valence-electron chi connectivity index (χ4n) is 3.75. The summed E-state index contributed by atoms with van der Waals surface area (Å²) in [6.07, 6.45) is 1.55. The number of likely N-dealkylation sites (tertiary alicyclic amines) is 1. The van der Waals surface area contributed by atoms with Crippen LogP contribution in [-0.2, 0) is 9.63 Å². The number of amides is 1. The molecule has 5 nitrogen and oxygen atoms in total. The van der Waals surface area contributed by atoms with Crippen LogP contribution in [0.1, 0.15) is 30.4 Å². The number of halogens is 1. The number of aryl methyl sites for hydroxylation is 1. The molecule has 0 bridgehead atoms. The molecule has 0 spiro atoms. The Kier molecular flexibility index (Phi) is 5.28. The number of oxime groups is 1. The molecule has 2 aromatic carbocycles. The minimum Gasteiger partial charge on any atom is -0.382 e. The summed E-state index contributed by atoms with van der Waals surface area (Å²) in [5, 5.41) is 7.60. The lowest BCUT2D eigenvalue weighted by molar-refractivity contribution is -0.143. The van der Waals surface area contributed by atoms with Crippen LogP contribution in [0.15, 0.2) is 53.7 Å². The number of hydrogen-bond acceptors (Lipinski definition) is 4. The summed E-state index contributed by atoms with van der Waals surface area (Å²) < 4.78 is 13.4. The zero-order valence-corrected chi connectivity index (χ0v) is 15.9. The molecule has 2 aromatic rings. The predicted molar refractivity (Wildman–Crippen MR) is 107 cm³/mol. The van der Waals surface area contributed by atoms with Crippen molar-refractivity contribution >= 4 is 17.3 Å². The molecule has 6 heteroatoms. The highest BCUT2D eigenvalue weighted by Crippen LogP contribution is 2.23. The second-order valence-electron chi connectivity index (χ2n) is 7.41. The number of benzene rings is 2. The van der Waals surface area contributed by atoms with E-state index in [2.05, 4.69) is 29.5 Å². The molecule has 0 aliphatic carbocycles. The molecule has 2 heterocycles. The Morgan fingerprint density at radius 2 is 1.96 bits per heavy atom.